The second-order valence-corrected chi connectivity index (χ2v) is 34.6. The highest BCUT2D eigenvalue weighted by Crippen LogP contribution is 2.46. The Morgan fingerprint density at radius 2 is 0.693 bits per heavy atom. The van der Waals surface area contributed by atoms with Crippen molar-refractivity contribution in [2.24, 2.45) is 23.7 Å². The summed E-state index contributed by atoms with van der Waals surface area (Å²) in [6.07, 6.45) is 36.3. The smallest absolute Gasteiger partial charge is 0.225 e. The molecule has 3 saturated heterocycles. The molecule has 10 aliphatic rings. The Hall–Kier alpha value is -4.02. The third-order valence-corrected chi connectivity index (χ3v) is 28.9. The molecule has 0 bridgehead atoms. The van der Waals surface area contributed by atoms with Crippen molar-refractivity contribution in [3.8, 4) is 11.8 Å². The molecule has 8 aromatic heterocycles. The van der Waals surface area contributed by atoms with E-state index in [2.05, 4.69) is 68.4 Å². The number of hydrogen-bond acceptors (Lipinski definition) is 23. The SMILES string of the molecule is CC[C@H]1CCc2sc3ncnc(Cl)c3c2C1.CC[C@H]1CCc2sc3ncnc(OC4CCC(N5CCOCC5)CC4)c3c2C1.OC1CCC(N2CCOCC2)CC1.OC[C@H]1CCc2sc3ncnc(Cl)c3c2C1.OC[C@H]1CCc2sc3ncnc(OC4CCC(N5CCOCC5)CC4)c3c2C1. The molecule has 0 amide bonds. The number of hydrogen-bond donors (Lipinski definition) is 3. The van der Waals surface area contributed by atoms with Crippen molar-refractivity contribution >= 4 is 109 Å². The van der Waals surface area contributed by atoms with Gasteiger partial charge in [0.2, 0.25) is 11.8 Å². The molecule has 0 aromatic carbocycles. The Balaban J connectivity index is 0.000000111. The molecule has 8 aromatic rings. The van der Waals surface area contributed by atoms with Gasteiger partial charge in [-0.15, -0.1) is 45.3 Å². The molecule has 548 valence electrons. The van der Waals surface area contributed by atoms with Crippen LogP contribution in [0.15, 0.2) is 25.3 Å². The zero-order chi connectivity index (χ0) is 69.2. The quantitative estimate of drug-likeness (QED) is 0.103. The lowest BCUT2D eigenvalue weighted by atomic mass is 9.86. The van der Waals surface area contributed by atoms with E-state index in [-0.39, 0.29) is 31.5 Å². The van der Waals surface area contributed by atoms with E-state index in [1.54, 1.807) is 53.0 Å². The number of morpholine rings is 3. The van der Waals surface area contributed by atoms with Crippen LogP contribution >= 0.6 is 68.5 Å². The number of aromatic nitrogens is 8. The summed E-state index contributed by atoms with van der Waals surface area (Å²) in [5.74, 6) is 3.91. The Morgan fingerprint density at radius 1 is 0.396 bits per heavy atom. The van der Waals surface area contributed by atoms with Gasteiger partial charge in [-0.3, -0.25) is 14.7 Å². The summed E-state index contributed by atoms with van der Waals surface area (Å²) in [7, 11) is 0. The van der Waals surface area contributed by atoms with Crippen LogP contribution < -0.4 is 9.47 Å². The zero-order valence-electron chi connectivity index (χ0n) is 59.1. The van der Waals surface area contributed by atoms with Crippen LogP contribution in [0.3, 0.4) is 0 Å². The number of fused-ring (bicyclic) bond motifs is 12. The molecular weight excluding hydrogens is 1390 g/mol. The first-order chi connectivity index (χ1) is 49.6. The van der Waals surface area contributed by atoms with Crippen molar-refractivity contribution in [2.75, 3.05) is 92.1 Å². The number of aliphatic hydroxyl groups excluding tert-OH is 3. The summed E-state index contributed by atoms with van der Waals surface area (Å²) in [6, 6.07) is 2.09. The van der Waals surface area contributed by atoms with Crippen molar-refractivity contribution in [1.29, 1.82) is 0 Å². The van der Waals surface area contributed by atoms with E-state index in [1.165, 1.54) is 137 Å². The van der Waals surface area contributed by atoms with E-state index in [0.29, 0.717) is 40.3 Å². The van der Waals surface area contributed by atoms with Crippen molar-refractivity contribution < 1.29 is 39.0 Å². The minimum absolute atomic E-state index is 0.0303. The predicted octanol–water partition coefficient (Wildman–Crippen LogP) is 14.0. The highest BCUT2D eigenvalue weighted by atomic mass is 35.5. The summed E-state index contributed by atoms with van der Waals surface area (Å²) in [5.41, 5.74) is 5.48. The van der Waals surface area contributed by atoms with Gasteiger partial charge in [0.1, 0.15) is 67.1 Å². The highest BCUT2D eigenvalue weighted by molar-refractivity contribution is 7.20. The third kappa shape index (κ3) is 17.8. The Bertz CT molecular complexity index is 3730. The monoisotopic (exact) mass is 1500 g/mol. The second-order valence-electron chi connectivity index (χ2n) is 29.5. The topological polar surface area (TPSA) is 220 Å². The van der Waals surface area contributed by atoms with Crippen molar-refractivity contribution in [2.45, 2.75) is 217 Å². The molecule has 0 spiro atoms. The molecule has 3 N–H and O–H groups in total. The first-order valence-electron chi connectivity index (χ1n) is 38.1. The van der Waals surface area contributed by atoms with Gasteiger partial charge < -0.3 is 39.0 Å². The fraction of sp³-hybridized carbons (Fsp3) is 0.684. The summed E-state index contributed by atoms with van der Waals surface area (Å²) >= 11 is 19.4. The summed E-state index contributed by atoms with van der Waals surface area (Å²) in [5, 5.41) is 33.8. The fourth-order valence-electron chi connectivity index (χ4n) is 17.4. The third-order valence-electron chi connectivity index (χ3n) is 23.5. The first-order valence-corrected chi connectivity index (χ1v) is 42.1. The molecule has 4 atom stereocenters. The van der Waals surface area contributed by atoms with Gasteiger partial charge in [-0.05, 0) is 200 Å². The summed E-state index contributed by atoms with van der Waals surface area (Å²) in [6.45, 7) is 16.8. The summed E-state index contributed by atoms with van der Waals surface area (Å²) < 4.78 is 29.3. The molecule has 3 saturated carbocycles. The number of ether oxygens (including phenoxy) is 5. The molecule has 11 heterocycles. The summed E-state index contributed by atoms with van der Waals surface area (Å²) in [4.78, 5) is 52.6. The normalized spacial score (nSPS) is 27.2. The fourth-order valence-corrected chi connectivity index (χ4v) is 22.7. The lowest BCUT2D eigenvalue weighted by Crippen LogP contribution is -2.46. The molecule has 25 heteroatoms. The van der Waals surface area contributed by atoms with E-state index >= 15 is 0 Å². The van der Waals surface area contributed by atoms with Crippen molar-refractivity contribution in [3.63, 3.8) is 0 Å². The lowest BCUT2D eigenvalue weighted by Gasteiger charge is -2.38. The maximum Gasteiger partial charge on any atom is 0.225 e. The zero-order valence-corrected chi connectivity index (χ0v) is 63.8. The van der Waals surface area contributed by atoms with E-state index < -0.39 is 0 Å². The number of thiophene rings is 4. The van der Waals surface area contributed by atoms with Crippen LogP contribution in [0.4, 0.5) is 0 Å². The molecule has 101 heavy (non-hydrogen) atoms. The molecule has 7 aliphatic carbocycles. The average molecular weight is 1500 g/mol. The van der Waals surface area contributed by atoms with Crippen LogP contribution in [0.2, 0.25) is 10.3 Å². The van der Waals surface area contributed by atoms with E-state index in [4.69, 9.17) is 46.9 Å². The minimum atomic E-state index is -0.0303. The standard InChI is InChI=1S/C22H31N3O2S.C21H29N3O3S.C12H13ClN2S.C11H11ClN2OS.C10H19NO2/c1-2-15-3-8-19-18(13-15)20-21(23-14-24-22(20)28-19)27-17-6-4-16(5-7-17)25-9-11-26-12-10-25;25-12-14-1-6-18-17(11-14)19-20(22-13-23-21(19)28-18)27-16-4-2-15(3-5-16)24-7-9-26-10-8-24;1-2-7-3-4-9-8(5-7)10-11(13)14-6-15-12(10)16-9;12-10-9-7-3-6(4-15)1-2-8(7)16-11(9)14-5-13-10;12-10-3-1-9(2-4-10)11-5-7-13-8-6-11/h14-17H,2-13H2,1H3;13-16,25H,1-12H2;6-7H,2-5H2,1H3;5-6,15H,1-4H2;9-10,12H,1-8H2/t15-,16?,17?;14-,15?,16?;7-;6-;/m0000./s1. The molecule has 6 fully saturated rings. The van der Waals surface area contributed by atoms with Crippen LogP contribution in [0.25, 0.3) is 40.9 Å². The Morgan fingerprint density at radius 3 is 1.03 bits per heavy atom. The van der Waals surface area contributed by atoms with E-state index in [9.17, 15) is 15.3 Å². The molecule has 0 unspecified atom stereocenters. The van der Waals surface area contributed by atoms with Gasteiger partial charge in [-0.2, -0.15) is 0 Å². The predicted molar refractivity (Wildman–Crippen MR) is 405 cm³/mol. The van der Waals surface area contributed by atoms with Crippen LogP contribution in [0.5, 0.6) is 11.8 Å². The number of rotatable bonds is 11. The molecule has 3 aliphatic heterocycles. The maximum atomic E-state index is 9.62. The molecule has 0 radical (unpaired) electrons. The second kappa shape index (κ2) is 35.6. The van der Waals surface area contributed by atoms with Crippen molar-refractivity contribution in [3.05, 3.63) is 77.4 Å². The first kappa shape index (κ1) is 73.9. The van der Waals surface area contributed by atoms with Crippen molar-refractivity contribution in [1.82, 2.24) is 54.6 Å². The van der Waals surface area contributed by atoms with Crippen LogP contribution in [0.1, 0.15) is 171 Å². The number of aryl methyl sites for hydroxylation is 4. The Labute approximate surface area is 620 Å². The van der Waals surface area contributed by atoms with Crippen LogP contribution in [-0.2, 0) is 65.6 Å². The maximum absolute atomic E-state index is 9.62. The Kier molecular flexibility index (Phi) is 26.0. The van der Waals surface area contributed by atoms with Gasteiger partial charge in [0.25, 0.3) is 0 Å². The van der Waals surface area contributed by atoms with Gasteiger partial charge in [0, 0.05) is 90.1 Å². The van der Waals surface area contributed by atoms with Crippen LogP contribution in [-0.4, -0.2) is 198 Å². The highest BCUT2D eigenvalue weighted by Gasteiger charge is 2.34. The van der Waals surface area contributed by atoms with E-state index in [1.807, 2.05) is 11.3 Å². The minimum Gasteiger partial charge on any atom is -0.474 e. The molecule has 19 nitrogen and oxygen atoms in total. The lowest BCUT2D eigenvalue weighted by molar-refractivity contribution is -0.00366. The molecule has 18 rings (SSSR count). The van der Waals surface area contributed by atoms with Gasteiger partial charge >= 0.3 is 0 Å². The molecular formula is C76H103Cl2N11O8S4. The van der Waals surface area contributed by atoms with Gasteiger partial charge in [0.15, 0.2) is 0 Å². The largest absolute Gasteiger partial charge is 0.474 e. The number of halogens is 2. The average Bonchev–Trinajstić information content (AvgIpc) is 1.65. The van der Waals surface area contributed by atoms with Gasteiger partial charge in [-0.1, -0.05) is 49.9 Å². The van der Waals surface area contributed by atoms with Gasteiger partial charge in [-0.25, -0.2) is 39.9 Å². The number of aliphatic hydroxyl groups is 3. The number of nitrogens with zero attached hydrogens (tertiary/aromatic N) is 11. The van der Waals surface area contributed by atoms with Crippen LogP contribution in [0, 0.1) is 23.7 Å². The van der Waals surface area contributed by atoms with Gasteiger partial charge in [0.05, 0.1) is 67.3 Å². The van der Waals surface area contributed by atoms with E-state index in [0.717, 1.165) is 221 Å².